The van der Waals surface area contributed by atoms with Crippen molar-refractivity contribution < 1.29 is 5.11 Å². The summed E-state index contributed by atoms with van der Waals surface area (Å²) in [6.07, 6.45) is 6.03. The van der Waals surface area contributed by atoms with Crippen molar-refractivity contribution in [3.63, 3.8) is 0 Å². The van der Waals surface area contributed by atoms with Gasteiger partial charge in [-0.15, -0.1) is 0 Å². The van der Waals surface area contributed by atoms with Crippen LogP contribution in [0.25, 0.3) is 0 Å². The smallest absolute Gasteiger partial charge is 0.0957 e. The maximum Gasteiger partial charge on any atom is 0.0957 e. The van der Waals surface area contributed by atoms with Crippen molar-refractivity contribution in [2.24, 2.45) is 5.92 Å². The summed E-state index contributed by atoms with van der Waals surface area (Å²) in [6.45, 7) is 7.62. The first-order valence-corrected chi connectivity index (χ1v) is 7.52. The number of rotatable bonds is 7. The highest BCUT2D eigenvalue weighted by Gasteiger charge is 2.29. The minimum Gasteiger partial charge on any atom is -0.387 e. The van der Waals surface area contributed by atoms with Crippen LogP contribution in [0.1, 0.15) is 58.3 Å². The molecule has 3 heteroatoms. The Hall–Kier alpha value is -1.09. The third kappa shape index (κ3) is 3.93. The molecule has 1 aromatic rings. The Labute approximate surface area is 116 Å². The van der Waals surface area contributed by atoms with E-state index in [1.54, 1.807) is 0 Å². The van der Waals surface area contributed by atoms with Gasteiger partial charge in [-0.1, -0.05) is 20.8 Å². The average molecular weight is 262 g/mol. The SMILES string of the molecule is CC[C@@H](O)c1ccc(N(CCC(C)C)C2CC2)cn1. The molecule has 1 fully saturated rings. The van der Waals surface area contributed by atoms with Gasteiger partial charge in [-0.05, 0) is 43.7 Å². The lowest BCUT2D eigenvalue weighted by atomic mass is 10.1. The molecule has 0 unspecified atom stereocenters. The molecule has 1 heterocycles. The van der Waals surface area contributed by atoms with E-state index in [1.807, 2.05) is 19.2 Å². The van der Waals surface area contributed by atoms with Crippen LogP contribution in [0.15, 0.2) is 18.3 Å². The van der Waals surface area contributed by atoms with E-state index in [1.165, 1.54) is 24.9 Å². The van der Waals surface area contributed by atoms with Crippen molar-refractivity contribution in [3.05, 3.63) is 24.0 Å². The summed E-state index contributed by atoms with van der Waals surface area (Å²) in [7, 11) is 0. The molecule has 1 aromatic heterocycles. The Morgan fingerprint density at radius 1 is 1.37 bits per heavy atom. The van der Waals surface area contributed by atoms with Crippen molar-refractivity contribution in [1.29, 1.82) is 0 Å². The van der Waals surface area contributed by atoms with E-state index in [2.05, 4.69) is 29.8 Å². The van der Waals surface area contributed by atoms with Crippen LogP contribution in [-0.2, 0) is 0 Å². The highest BCUT2D eigenvalue weighted by molar-refractivity contribution is 5.47. The maximum atomic E-state index is 9.78. The zero-order valence-electron chi connectivity index (χ0n) is 12.3. The first-order chi connectivity index (χ1) is 9.11. The molecule has 19 heavy (non-hydrogen) atoms. The van der Waals surface area contributed by atoms with Gasteiger partial charge in [0.1, 0.15) is 0 Å². The van der Waals surface area contributed by atoms with Gasteiger partial charge in [-0.3, -0.25) is 4.98 Å². The largest absolute Gasteiger partial charge is 0.387 e. The van der Waals surface area contributed by atoms with E-state index >= 15 is 0 Å². The van der Waals surface area contributed by atoms with Gasteiger partial charge < -0.3 is 10.0 Å². The third-order valence-corrected chi connectivity index (χ3v) is 3.77. The molecule has 0 aromatic carbocycles. The number of anilines is 1. The molecule has 106 valence electrons. The first kappa shape index (κ1) is 14.3. The van der Waals surface area contributed by atoms with Crippen molar-refractivity contribution in [2.75, 3.05) is 11.4 Å². The van der Waals surface area contributed by atoms with E-state index in [0.29, 0.717) is 12.5 Å². The van der Waals surface area contributed by atoms with Gasteiger partial charge in [0.2, 0.25) is 0 Å². The number of aliphatic hydroxyl groups is 1. The summed E-state index contributed by atoms with van der Waals surface area (Å²) in [5.41, 5.74) is 1.99. The van der Waals surface area contributed by atoms with Gasteiger partial charge >= 0.3 is 0 Å². The van der Waals surface area contributed by atoms with Crippen molar-refractivity contribution >= 4 is 5.69 Å². The van der Waals surface area contributed by atoms with E-state index in [4.69, 9.17) is 0 Å². The van der Waals surface area contributed by atoms with Gasteiger partial charge in [-0.2, -0.15) is 0 Å². The second-order valence-electron chi connectivity index (χ2n) is 5.97. The molecule has 0 radical (unpaired) electrons. The number of aliphatic hydroxyl groups excluding tert-OH is 1. The molecule has 0 aliphatic heterocycles. The van der Waals surface area contributed by atoms with Crippen molar-refractivity contribution in [1.82, 2.24) is 4.98 Å². The van der Waals surface area contributed by atoms with Crippen LogP contribution in [0, 0.1) is 5.92 Å². The molecule has 1 atom stereocenters. The van der Waals surface area contributed by atoms with Crippen molar-refractivity contribution in [3.8, 4) is 0 Å². The van der Waals surface area contributed by atoms with Crippen LogP contribution in [-0.4, -0.2) is 22.7 Å². The summed E-state index contributed by atoms with van der Waals surface area (Å²) in [4.78, 5) is 6.90. The lowest BCUT2D eigenvalue weighted by molar-refractivity contribution is 0.169. The number of nitrogens with zero attached hydrogens (tertiary/aromatic N) is 2. The van der Waals surface area contributed by atoms with Crippen LogP contribution in [0.2, 0.25) is 0 Å². The summed E-state index contributed by atoms with van der Waals surface area (Å²) in [5, 5.41) is 9.78. The lowest BCUT2D eigenvalue weighted by Crippen LogP contribution is -2.27. The Morgan fingerprint density at radius 2 is 2.11 bits per heavy atom. The van der Waals surface area contributed by atoms with Gasteiger partial charge in [0.15, 0.2) is 0 Å². The average Bonchev–Trinajstić information content (AvgIpc) is 3.23. The van der Waals surface area contributed by atoms with E-state index in [-0.39, 0.29) is 0 Å². The quantitative estimate of drug-likeness (QED) is 0.816. The van der Waals surface area contributed by atoms with E-state index < -0.39 is 6.10 Å². The fraction of sp³-hybridized carbons (Fsp3) is 0.688. The normalized spacial score (nSPS) is 16.7. The zero-order valence-corrected chi connectivity index (χ0v) is 12.3. The number of aromatic nitrogens is 1. The standard InChI is InChI=1S/C16H26N2O/c1-4-16(19)15-8-7-14(11-17-15)18(13-5-6-13)10-9-12(2)3/h7-8,11-13,16,19H,4-6,9-10H2,1-3H3/t16-/m1/s1. The van der Waals surface area contributed by atoms with Gasteiger partial charge in [0, 0.05) is 12.6 Å². The van der Waals surface area contributed by atoms with Crippen LogP contribution in [0.4, 0.5) is 5.69 Å². The monoisotopic (exact) mass is 262 g/mol. The molecule has 1 saturated carbocycles. The summed E-state index contributed by atoms with van der Waals surface area (Å²) < 4.78 is 0. The minimum absolute atomic E-state index is 0.431. The van der Waals surface area contributed by atoms with Crippen LogP contribution in [0.5, 0.6) is 0 Å². The fourth-order valence-corrected chi connectivity index (χ4v) is 2.28. The lowest BCUT2D eigenvalue weighted by Gasteiger charge is -2.25. The van der Waals surface area contributed by atoms with Gasteiger partial charge in [0.05, 0.1) is 23.7 Å². The molecule has 0 amide bonds. The topological polar surface area (TPSA) is 36.4 Å². The summed E-state index contributed by atoms with van der Waals surface area (Å²) in [6, 6.07) is 4.79. The molecule has 1 N–H and O–H groups in total. The molecule has 0 saturated heterocycles. The van der Waals surface area contributed by atoms with E-state index in [9.17, 15) is 5.11 Å². The van der Waals surface area contributed by atoms with E-state index in [0.717, 1.165) is 18.2 Å². The summed E-state index contributed by atoms with van der Waals surface area (Å²) >= 11 is 0. The third-order valence-electron chi connectivity index (χ3n) is 3.77. The second-order valence-corrected chi connectivity index (χ2v) is 5.97. The Kier molecular flexibility index (Phi) is 4.81. The predicted molar refractivity (Wildman–Crippen MR) is 79.3 cm³/mol. The Balaban J connectivity index is 2.04. The zero-order chi connectivity index (χ0) is 13.8. The number of pyridine rings is 1. The van der Waals surface area contributed by atoms with Crippen LogP contribution < -0.4 is 4.90 Å². The van der Waals surface area contributed by atoms with Gasteiger partial charge in [0.25, 0.3) is 0 Å². The van der Waals surface area contributed by atoms with Crippen molar-refractivity contribution in [2.45, 2.75) is 58.6 Å². The molecule has 0 spiro atoms. The molecular formula is C16H26N2O. The Morgan fingerprint density at radius 3 is 2.58 bits per heavy atom. The molecule has 1 aliphatic rings. The molecule has 1 aliphatic carbocycles. The maximum absolute atomic E-state index is 9.78. The van der Waals surface area contributed by atoms with Gasteiger partial charge in [-0.25, -0.2) is 0 Å². The fourth-order valence-electron chi connectivity index (χ4n) is 2.28. The van der Waals surface area contributed by atoms with Crippen LogP contribution >= 0.6 is 0 Å². The minimum atomic E-state index is -0.431. The highest BCUT2D eigenvalue weighted by Crippen LogP contribution is 2.32. The predicted octanol–water partition coefficient (Wildman–Crippen LogP) is 3.54. The summed E-state index contributed by atoms with van der Waals surface area (Å²) in [5.74, 6) is 0.732. The number of hydrogen-bond donors (Lipinski definition) is 1. The first-order valence-electron chi connectivity index (χ1n) is 7.52. The molecular weight excluding hydrogens is 236 g/mol. The van der Waals surface area contributed by atoms with Crippen LogP contribution in [0.3, 0.4) is 0 Å². The molecule has 0 bridgehead atoms. The number of hydrogen-bond acceptors (Lipinski definition) is 3. The molecule has 3 nitrogen and oxygen atoms in total. The second kappa shape index (κ2) is 6.38. The molecule has 2 rings (SSSR count). The Bertz CT molecular complexity index is 384. The highest BCUT2D eigenvalue weighted by atomic mass is 16.3.